The van der Waals surface area contributed by atoms with E-state index in [0.717, 1.165) is 10.2 Å². The van der Waals surface area contributed by atoms with E-state index in [1.807, 2.05) is 12.1 Å². The van der Waals surface area contributed by atoms with Gasteiger partial charge in [0.25, 0.3) is 0 Å². The summed E-state index contributed by atoms with van der Waals surface area (Å²) in [7, 11) is 0. The SMILES string of the molecule is O=C(Nc1nc2ccc(Cl)cc2s1)C1(c2cc(-c3ccccc3F)on2)CC1. The van der Waals surface area contributed by atoms with E-state index in [2.05, 4.69) is 15.5 Å². The Morgan fingerprint density at radius 1 is 1.21 bits per heavy atom. The summed E-state index contributed by atoms with van der Waals surface area (Å²) in [5, 5.41) is 8.06. The maximum absolute atomic E-state index is 14.0. The lowest BCUT2D eigenvalue weighted by atomic mass is 10.0. The molecular formula is C20H13ClFN3O2S. The summed E-state index contributed by atoms with van der Waals surface area (Å²) >= 11 is 7.37. The molecule has 5 rings (SSSR count). The van der Waals surface area contributed by atoms with Gasteiger partial charge in [0.1, 0.15) is 5.82 Å². The number of nitrogens with one attached hydrogen (secondary N) is 1. The van der Waals surface area contributed by atoms with E-state index in [0.29, 0.717) is 40.0 Å². The number of amides is 1. The summed E-state index contributed by atoms with van der Waals surface area (Å²) in [4.78, 5) is 17.4. The van der Waals surface area contributed by atoms with Gasteiger partial charge in [-0.25, -0.2) is 9.37 Å². The molecule has 0 bridgehead atoms. The number of hydrogen-bond acceptors (Lipinski definition) is 5. The molecule has 0 atom stereocenters. The molecule has 2 aromatic heterocycles. The quantitative estimate of drug-likeness (QED) is 0.485. The van der Waals surface area contributed by atoms with Gasteiger partial charge in [0.2, 0.25) is 5.91 Å². The average molecular weight is 414 g/mol. The van der Waals surface area contributed by atoms with Gasteiger partial charge in [-0.3, -0.25) is 4.79 Å². The first-order chi connectivity index (χ1) is 13.5. The molecule has 1 fully saturated rings. The van der Waals surface area contributed by atoms with E-state index < -0.39 is 11.2 Å². The van der Waals surface area contributed by atoms with Crippen molar-refractivity contribution in [1.82, 2.24) is 10.1 Å². The zero-order valence-electron chi connectivity index (χ0n) is 14.4. The molecule has 5 nitrogen and oxygen atoms in total. The highest BCUT2D eigenvalue weighted by Crippen LogP contribution is 2.49. The van der Waals surface area contributed by atoms with E-state index in [9.17, 15) is 9.18 Å². The van der Waals surface area contributed by atoms with Crippen LogP contribution in [0.15, 0.2) is 53.1 Å². The number of rotatable bonds is 4. The fourth-order valence-corrected chi connectivity index (χ4v) is 4.32. The van der Waals surface area contributed by atoms with Crippen LogP contribution in [0, 0.1) is 5.82 Å². The molecule has 0 saturated heterocycles. The lowest BCUT2D eigenvalue weighted by molar-refractivity contribution is -0.118. The first-order valence-electron chi connectivity index (χ1n) is 8.65. The minimum absolute atomic E-state index is 0.189. The fourth-order valence-electron chi connectivity index (χ4n) is 3.18. The number of thiazole rings is 1. The van der Waals surface area contributed by atoms with Crippen LogP contribution in [0.25, 0.3) is 21.5 Å². The highest BCUT2D eigenvalue weighted by atomic mass is 35.5. The van der Waals surface area contributed by atoms with Crippen molar-refractivity contribution < 1.29 is 13.7 Å². The van der Waals surface area contributed by atoms with Gasteiger partial charge < -0.3 is 9.84 Å². The Balaban J connectivity index is 1.41. The molecule has 1 saturated carbocycles. The largest absolute Gasteiger partial charge is 0.356 e. The van der Waals surface area contributed by atoms with Crippen molar-refractivity contribution >= 4 is 44.2 Å². The molecule has 0 unspecified atom stereocenters. The topological polar surface area (TPSA) is 68.0 Å². The Kier molecular flexibility index (Phi) is 3.96. The van der Waals surface area contributed by atoms with Crippen LogP contribution in [-0.2, 0) is 10.2 Å². The maximum atomic E-state index is 14.0. The first kappa shape index (κ1) is 17.3. The van der Waals surface area contributed by atoms with Gasteiger partial charge in [0, 0.05) is 11.1 Å². The van der Waals surface area contributed by atoms with Crippen molar-refractivity contribution in [3.63, 3.8) is 0 Å². The number of nitrogens with zero attached hydrogens (tertiary/aromatic N) is 2. The molecule has 0 spiro atoms. The standard InChI is InChI=1S/C20H13ClFN3O2S/c21-11-5-6-14-16(9-11)28-19(23-14)24-18(26)20(7-8-20)17-10-15(27-25-17)12-3-1-2-4-13(12)22/h1-6,9-10H,7-8H2,(H,23,24,26). The molecule has 2 heterocycles. The van der Waals surface area contributed by atoms with Crippen LogP contribution in [0.5, 0.6) is 0 Å². The van der Waals surface area contributed by atoms with E-state index in [1.54, 1.807) is 30.3 Å². The Labute approximate surface area is 168 Å². The van der Waals surface area contributed by atoms with E-state index in [1.165, 1.54) is 17.4 Å². The Morgan fingerprint density at radius 3 is 2.82 bits per heavy atom. The van der Waals surface area contributed by atoms with Gasteiger partial charge in [-0.05, 0) is 43.2 Å². The second-order valence-electron chi connectivity index (χ2n) is 6.72. The summed E-state index contributed by atoms with van der Waals surface area (Å²) in [6.45, 7) is 0. The summed E-state index contributed by atoms with van der Waals surface area (Å²) in [6.07, 6.45) is 1.30. The number of hydrogen-bond donors (Lipinski definition) is 1. The second kappa shape index (κ2) is 6.39. The molecule has 1 aliphatic carbocycles. The van der Waals surface area contributed by atoms with Crippen LogP contribution in [0.3, 0.4) is 0 Å². The van der Waals surface area contributed by atoms with Crippen molar-refractivity contribution in [2.45, 2.75) is 18.3 Å². The molecule has 0 aliphatic heterocycles. The van der Waals surface area contributed by atoms with Gasteiger partial charge in [0.05, 0.1) is 26.9 Å². The maximum Gasteiger partial charge on any atom is 0.238 e. The zero-order valence-corrected chi connectivity index (χ0v) is 16.0. The predicted molar refractivity (Wildman–Crippen MR) is 106 cm³/mol. The molecular weight excluding hydrogens is 401 g/mol. The molecule has 2 aromatic carbocycles. The second-order valence-corrected chi connectivity index (χ2v) is 8.19. The zero-order chi connectivity index (χ0) is 19.3. The highest BCUT2D eigenvalue weighted by Gasteiger charge is 2.54. The Bertz CT molecular complexity index is 1220. The number of carbonyl (C=O) groups excluding carboxylic acids is 1. The van der Waals surface area contributed by atoms with E-state index >= 15 is 0 Å². The molecule has 140 valence electrons. The number of halogens is 2. The smallest absolute Gasteiger partial charge is 0.238 e. The van der Waals surface area contributed by atoms with Crippen molar-refractivity contribution in [1.29, 1.82) is 0 Å². The van der Waals surface area contributed by atoms with Crippen LogP contribution >= 0.6 is 22.9 Å². The lowest BCUT2D eigenvalue weighted by Crippen LogP contribution is -2.28. The van der Waals surface area contributed by atoms with E-state index in [-0.39, 0.29) is 5.91 Å². The summed E-state index contributed by atoms with van der Waals surface area (Å²) < 4.78 is 20.2. The summed E-state index contributed by atoms with van der Waals surface area (Å²) in [6, 6.07) is 13.3. The third-order valence-corrected chi connectivity index (χ3v) is 6.06. The number of benzene rings is 2. The molecule has 28 heavy (non-hydrogen) atoms. The van der Waals surface area contributed by atoms with Crippen molar-refractivity contribution in [2.24, 2.45) is 0 Å². The van der Waals surface area contributed by atoms with Gasteiger partial charge >= 0.3 is 0 Å². The van der Waals surface area contributed by atoms with E-state index in [4.69, 9.17) is 16.1 Å². The number of aromatic nitrogens is 2. The number of anilines is 1. The third-order valence-electron chi connectivity index (χ3n) is 4.90. The third kappa shape index (κ3) is 2.87. The van der Waals surface area contributed by atoms with Crippen LogP contribution in [0.4, 0.5) is 9.52 Å². The summed E-state index contributed by atoms with van der Waals surface area (Å²) in [5.41, 5.74) is 0.841. The molecule has 1 aliphatic rings. The monoisotopic (exact) mass is 413 g/mol. The lowest BCUT2D eigenvalue weighted by Gasteiger charge is -2.10. The van der Waals surface area contributed by atoms with Crippen LogP contribution in [0.1, 0.15) is 18.5 Å². The molecule has 0 radical (unpaired) electrons. The first-order valence-corrected chi connectivity index (χ1v) is 9.84. The normalized spacial score (nSPS) is 14.9. The van der Waals surface area contributed by atoms with Crippen molar-refractivity contribution in [3.8, 4) is 11.3 Å². The van der Waals surface area contributed by atoms with Gasteiger partial charge in [-0.2, -0.15) is 0 Å². The fraction of sp³-hybridized carbons (Fsp3) is 0.150. The highest BCUT2D eigenvalue weighted by molar-refractivity contribution is 7.22. The van der Waals surface area contributed by atoms with Crippen molar-refractivity contribution in [3.05, 3.63) is 65.1 Å². The molecule has 1 N–H and O–H groups in total. The minimum atomic E-state index is -0.761. The minimum Gasteiger partial charge on any atom is -0.356 e. The van der Waals surface area contributed by atoms with Gasteiger partial charge in [-0.15, -0.1) is 0 Å². The Morgan fingerprint density at radius 2 is 2.04 bits per heavy atom. The van der Waals surface area contributed by atoms with Gasteiger partial charge in [0.15, 0.2) is 10.9 Å². The molecule has 1 amide bonds. The van der Waals surface area contributed by atoms with Crippen LogP contribution < -0.4 is 5.32 Å². The predicted octanol–water partition coefficient (Wildman–Crippen LogP) is 5.41. The van der Waals surface area contributed by atoms with Crippen molar-refractivity contribution in [2.75, 3.05) is 5.32 Å². The van der Waals surface area contributed by atoms with Gasteiger partial charge in [-0.1, -0.05) is 40.2 Å². The van der Waals surface area contributed by atoms with Crippen LogP contribution in [-0.4, -0.2) is 16.0 Å². The number of carbonyl (C=O) groups is 1. The molecule has 4 aromatic rings. The Hall–Kier alpha value is -2.77. The average Bonchev–Trinajstić information content (AvgIpc) is 3.17. The number of fused-ring (bicyclic) bond motifs is 1. The van der Waals surface area contributed by atoms with Crippen LogP contribution in [0.2, 0.25) is 5.02 Å². The molecule has 8 heteroatoms. The summed E-state index contributed by atoms with van der Waals surface area (Å²) in [5.74, 6) is -0.277.